The van der Waals surface area contributed by atoms with Gasteiger partial charge in [0.1, 0.15) is 5.76 Å². The van der Waals surface area contributed by atoms with Crippen molar-refractivity contribution in [2.24, 2.45) is 26.8 Å². The Bertz CT molecular complexity index is 1870. The smallest absolute Gasteiger partial charge is 0.305 e. The van der Waals surface area contributed by atoms with E-state index >= 15 is 0 Å². The summed E-state index contributed by atoms with van der Waals surface area (Å²) in [6, 6.07) is 0. The molecule has 2 N–H and O–H groups in total. The third-order valence-corrected chi connectivity index (χ3v) is 11.7. The molecule has 52 heavy (non-hydrogen) atoms. The maximum Gasteiger partial charge on any atom is 0.305 e. The summed E-state index contributed by atoms with van der Waals surface area (Å²) in [5.41, 5.74) is 14.4. The van der Waals surface area contributed by atoms with Gasteiger partial charge in [-0.15, -0.1) is 0 Å². The fourth-order valence-electron chi connectivity index (χ4n) is 8.50. The molecule has 6 rings (SSSR count). The van der Waals surface area contributed by atoms with Crippen molar-refractivity contribution >= 4 is 23.1 Å². The quantitative estimate of drug-likeness (QED) is 0.124. The number of carbonyl (C=O) groups is 1. The van der Waals surface area contributed by atoms with Crippen LogP contribution in [0.2, 0.25) is 0 Å². The first kappa shape index (κ1) is 37.5. The molecule has 5 heterocycles. The van der Waals surface area contributed by atoms with Crippen molar-refractivity contribution in [3.63, 3.8) is 0 Å². The average Bonchev–Trinajstić information content (AvgIpc) is 3.88. The number of carbonyl (C=O) groups excluding carboxylic acids is 1. The molecular formula is C45H58N4O3. The third kappa shape index (κ3) is 7.60. The van der Waals surface area contributed by atoms with Gasteiger partial charge in [0.25, 0.3) is 0 Å². The number of esters is 1. The summed E-state index contributed by atoms with van der Waals surface area (Å²) in [5, 5.41) is 15.1. The zero-order chi connectivity index (χ0) is 36.9. The van der Waals surface area contributed by atoms with Crippen molar-refractivity contribution in [1.82, 2.24) is 5.32 Å². The third-order valence-electron chi connectivity index (χ3n) is 11.7. The first-order valence-electron chi connectivity index (χ1n) is 19.9. The molecular weight excluding hydrogens is 645 g/mol. The molecule has 1 aliphatic carbocycles. The highest BCUT2D eigenvalue weighted by atomic mass is 16.5. The van der Waals surface area contributed by atoms with Crippen LogP contribution < -0.4 is 5.32 Å². The van der Waals surface area contributed by atoms with Gasteiger partial charge in [0.15, 0.2) is 0 Å². The van der Waals surface area contributed by atoms with E-state index in [1.807, 2.05) is 13.0 Å². The molecule has 7 heteroatoms. The molecule has 8 bridgehead atoms. The first-order chi connectivity index (χ1) is 25.2. The Kier molecular flexibility index (Phi) is 12.0. The molecule has 0 aromatic heterocycles. The summed E-state index contributed by atoms with van der Waals surface area (Å²) in [6.45, 7) is 17.5. The lowest BCUT2D eigenvalue weighted by Gasteiger charge is -2.17. The van der Waals surface area contributed by atoms with E-state index in [0.29, 0.717) is 31.6 Å². The van der Waals surface area contributed by atoms with Gasteiger partial charge in [0.2, 0.25) is 0 Å². The number of ether oxygens (including phenoxy) is 1. The lowest BCUT2D eigenvalue weighted by Crippen LogP contribution is -2.16. The summed E-state index contributed by atoms with van der Waals surface area (Å²) in [5.74, 6) is 0.315. The van der Waals surface area contributed by atoms with Crippen LogP contribution in [0.5, 0.6) is 0 Å². The second-order valence-corrected chi connectivity index (χ2v) is 15.2. The topological polar surface area (TPSA) is 95.6 Å². The number of rotatable bonds is 16. The van der Waals surface area contributed by atoms with Crippen molar-refractivity contribution in [3.8, 4) is 0 Å². The molecule has 0 saturated carbocycles. The summed E-state index contributed by atoms with van der Waals surface area (Å²) >= 11 is 0. The molecule has 0 aromatic rings. The van der Waals surface area contributed by atoms with Gasteiger partial charge in [-0.1, -0.05) is 91.2 Å². The number of nitrogens with one attached hydrogen (secondary N) is 1. The second kappa shape index (κ2) is 16.6. The Labute approximate surface area is 311 Å². The molecule has 0 amide bonds. The molecule has 0 radical (unpaired) electrons. The number of fused-ring (bicyclic) bond motifs is 5. The van der Waals surface area contributed by atoms with Crippen LogP contribution >= 0.6 is 0 Å². The standard InChI is InChI=1S/C45H58N4O3/c1-8-11-12-13-14-15-16-17-18-19-22-52-42(51)21-20-33-29(6)37-24-35-27(4)31(9-2)39(46-35)25-36-28(5)32(10-3)40(47-36)26-38-30(7)43-41(50)23-34(44(33)48-37)45(43)49-38/h9,24-26,29,33,48,50H,2,8,10-23H2,1,3-7H3/t29-,33-/m0/s1. The van der Waals surface area contributed by atoms with Crippen LogP contribution in [0, 0.1) is 11.8 Å². The summed E-state index contributed by atoms with van der Waals surface area (Å²) < 4.78 is 5.73. The monoisotopic (exact) mass is 702 g/mol. The maximum atomic E-state index is 13.1. The van der Waals surface area contributed by atoms with Gasteiger partial charge in [-0.25, -0.2) is 15.0 Å². The van der Waals surface area contributed by atoms with Gasteiger partial charge in [-0.2, -0.15) is 0 Å². The van der Waals surface area contributed by atoms with E-state index in [2.05, 4.69) is 64.7 Å². The van der Waals surface area contributed by atoms with E-state index in [9.17, 15) is 9.90 Å². The van der Waals surface area contributed by atoms with Crippen molar-refractivity contribution < 1.29 is 14.6 Å². The van der Waals surface area contributed by atoms with E-state index in [1.54, 1.807) is 0 Å². The Balaban J connectivity index is 1.23. The van der Waals surface area contributed by atoms with Crippen LogP contribution in [0.15, 0.2) is 119 Å². The van der Waals surface area contributed by atoms with E-state index in [4.69, 9.17) is 19.7 Å². The average molecular weight is 703 g/mol. The zero-order valence-electron chi connectivity index (χ0n) is 32.4. The number of nitrogens with zero attached hydrogens (tertiary/aromatic N) is 3. The highest BCUT2D eigenvalue weighted by Crippen LogP contribution is 2.46. The molecule has 2 atom stereocenters. The molecule has 276 valence electrons. The number of aliphatic hydroxyl groups excluding tert-OH is 1. The SMILES string of the molecule is C=CC1=C(C)C2=NC1=CC1=NC(=CC3=C(C)C4=C(O)CC(=C5NC(=C2)[C@@H](C)[C@@H]5CCC(=O)OCCCCCCCCCCCC)C4=N3)C(CC)=C1C. The molecule has 1 fully saturated rings. The van der Waals surface area contributed by atoms with Gasteiger partial charge in [-0.05, 0) is 80.6 Å². The van der Waals surface area contributed by atoms with Crippen LogP contribution in [0.1, 0.15) is 131 Å². The normalized spacial score (nSPS) is 22.2. The fraction of sp³-hybridized carbons (Fsp3) is 0.511. The largest absolute Gasteiger partial charge is 0.511 e. The lowest BCUT2D eigenvalue weighted by molar-refractivity contribution is -0.144. The number of aliphatic imine (C=N–C) groups is 3. The number of hydrogen-bond donors (Lipinski definition) is 2. The molecule has 7 nitrogen and oxygen atoms in total. The van der Waals surface area contributed by atoms with Crippen LogP contribution in [0.4, 0.5) is 0 Å². The molecule has 6 aliphatic rings. The Morgan fingerprint density at radius 1 is 0.904 bits per heavy atom. The minimum absolute atomic E-state index is 0.0263. The Morgan fingerprint density at radius 3 is 2.27 bits per heavy atom. The highest BCUT2D eigenvalue weighted by Gasteiger charge is 2.41. The molecule has 0 aromatic carbocycles. The van der Waals surface area contributed by atoms with Gasteiger partial charge < -0.3 is 15.2 Å². The molecule has 1 saturated heterocycles. The van der Waals surface area contributed by atoms with Crippen LogP contribution in [-0.4, -0.2) is 34.8 Å². The predicted molar refractivity (Wildman–Crippen MR) is 214 cm³/mol. The zero-order valence-corrected chi connectivity index (χ0v) is 32.4. The Hall–Kier alpha value is -4.26. The molecule has 5 aliphatic heterocycles. The van der Waals surface area contributed by atoms with Crippen molar-refractivity contribution in [3.05, 3.63) is 104 Å². The predicted octanol–water partition coefficient (Wildman–Crippen LogP) is 11.1. The van der Waals surface area contributed by atoms with Crippen LogP contribution in [0.3, 0.4) is 0 Å². The van der Waals surface area contributed by atoms with E-state index in [-0.39, 0.29) is 17.8 Å². The van der Waals surface area contributed by atoms with Crippen molar-refractivity contribution in [2.75, 3.05) is 6.61 Å². The van der Waals surface area contributed by atoms with Crippen LogP contribution in [0.25, 0.3) is 0 Å². The summed E-state index contributed by atoms with van der Waals surface area (Å²) in [4.78, 5) is 28.4. The minimum atomic E-state index is -0.142. The molecule has 0 spiro atoms. The number of hydrogen-bond acceptors (Lipinski definition) is 7. The van der Waals surface area contributed by atoms with E-state index in [0.717, 1.165) is 98.3 Å². The van der Waals surface area contributed by atoms with E-state index in [1.165, 1.54) is 56.9 Å². The van der Waals surface area contributed by atoms with Crippen LogP contribution in [-0.2, 0) is 9.53 Å². The Morgan fingerprint density at radius 2 is 1.58 bits per heavy atom. The number of aliphatic hydroxyl groups is 1. The number of allylic oxidation sites excluding steroid dienone is 12. The van der Waals surface area contributed by atoms with Gasteiger partial charge >= 0.3 is 5.97 Å². The van der Waals surface area contributed by atoms with Gasteiger partial charge in [-0.3, -0.25) is 4.79 Å². The van der Waals surface area contributed by atoms with Gasteiger partial charge in [0.05, 0.1) is 40.8 Å². The van der Waals surface area contributed by atoms with Gasteiger partial charge in [0, 0.05) is 52.8 Å². The van der Waals surface area contributed by atoms with Crippen molar-refractivity contribution in [1.29, 1.82) is 0 Å². The lowest BCUT2D eigenvalue weighted by atomic mass is 9.86. The van der Waals surface area contributed by atoms with E-state index < -0.39 is 0 Å². The summed E-state index contributed by atoms with van der Waals surface area (Å²) in [6.07, 6.45) is 22.9. The molecule has 0 unspecified atom stereocenters. The second-order valence-electron chi connectivity index (χ2n) is 15.2. The minimum Gasteiger partial charge on any atom is -0.511 e. The maximum absolute atomic E-state index is 13.1. The highest BCUT2D eigenvalue weighted by molar-refractivity contribution is 6.21. The van der Waals surface area contributed by atoms with Crippen molar-refractivity contribution in [2.45, 2.75) is 131 Å². The number of unbranched alkanes of at least 4 members (excludes halogenated alkanes) is 9. The summed E-state index contributed by atoms with van der Waals surface area (Å²) in [7, 11) is 0. The first-order valence-corrected chi connectivity index (χ1v) is 19.9. The fourth-order valence-corrected chi connectivity index (χ4v) is 8.50.